The van der Waals surface area contributed by atoms with E-state index < -0.39 is 10.0 Å². The number of unbranched alkanes of at least 4 members (excludes halogenated alkanes) is 1. The summed E-state index contributed by atoms with van der Waals surface area (Å²) < 4.78 is 25.4. The van der Waals surface area contributed by atoms with Crippen LogP contribution in [-0.4, -0.2) is 43.7 Å². The summed E-state index contributed by atoms with van der Waals surface area (Å²) in [6.07, 6.45) is 4.31. The van der Waals surface area contributed by atoms with Gasteiger partial charge in [0.25, 0.3) is 0 Å². The van der Waals surface area contributed by atoms with Gasteiger partial charge in [-0.3, -0.25) is 0 Å². The van der Waals surface area contributed by atoms with E-state index >= 15 is 0 Å². The fourth-order valence-electron chi connectivity index (χ4n) is 1.94. The monoisotopic (exact) mass is 312 g/mol. The van der Waals surface area contributed by atoms with Crippen LogP contribution in [0, 0.1) is 0 Å². The van der Waals surface area contributed by atoms with Crippen LogP contribution in [0.2, 0.25) is 0 Å². The number of hydrogen-bond acceptors (Lipinski definition) is 3. The Kier molecular flexibility index (Phi) is 6.25. The average molecular weight is 313 g/mol. The highest BCUT2D eigenvalue weighted by Gasteiger charge is 2.22. The van der Waals surface area contributed by atoms with Crippen molar-refractivity contribution in [3.8, 4) is 0 Å². The Hall–Kier alpha value is 0.350. The van der Waals surface area contributed by atoms with E-state index in [0.29, 0.717) is 0 Å². The number of alkyl halides is 1. The van der Waals surface area contributed by atoms with Gasteiger partial charge in [-0.25, -0.2) is 13.1 Å². The Labute approximate surface area is 107 Å². The van der Waals surface area contributed by atoms with Crippen LogP contribution >= 0.6 is 15.9 Å². The van der Waals surface area contributed by atoms with Crippen molar-refractivity contribution in [3.05, 3.63) is 0 Å². The van der Waals surface area contributed by atoms with Crippen molar-refractivity contribution < 1.29 is 8.42 Å². The van der Waals surface area contributed by atoms with Gasteiger partial charge in [0.15, 0.2) is 0 Å². The number of sulfonamides is 1. The summed E-state index contributed by atoms with van der Waals surface area (Å²) in [5.41, 5.74) is 0. The van der Waals surface area contributed by atoms with Gasteiger partial charge >= 0.3 is 0 Å². The van der Waals surface area contributed by atoms with E-state index in [1.807, 2.05) is 0 Å². The molecule has 0 aliphatic carbocycles. The maximum Gasteiger partial charge on any atom is 0.221 e. The molecule has 4 nitrogen and oxygen atoms in total. The topological polar surface area (TPSA) is 49.4 Å². The number of piperidine rings is 1. The van der Waals surface area contributed by atoms with Crippen molar-refractivity contribution in [2.75, 3.05) is 24.3 Å². The molecule has 1 rings (SSSR count). The summed E-state index contributed by atoms with van der Waals surface area (Å²) in [6, 6.07) is 0.125. The van der Waals surface area contributed by atoms with Crippen LogP contribution in [0.1, 0.15) is 32.6 Å². The SMILES string of the molecule is CCCCN1CCC(NS(=O)(=O)CBr)CC1. The van der Waals surface area contributed by atoms with Crippen molar-refractivity contribution in [1.82, 2.24) is 9.62 Å². The van der Waals surface area contributed by atoms with Crippen LogP contribution in [0.4, 0.5) is 0 Å². The molecule has 96 valence electrons. The first-order valence-corrected chi connectivity index (χ1v) is 8.63. The van der Waals surface area contributed by atoms with Crippen molar-refractivity contribution in [2.24, 2.45) is 0 Å². The third kappa shape index (κ3) is 5.12. The lowest BCUT2D eigenvalue weighted by atomic mass is 10.1. The summed E-state index contributed by atoms with van der Waals surface area (Å²) in [7, 11) is -3.11. The van der Waals surface area contributed by atoms with Gasteiger partial charge in [0.1, 0.15) is 4.66 Å². The first-order chi connectivity index (χ1) is 7.57. The highest BCUT2D eigenvalue weighted by Crippen LogP contribution is 2.12. The van der Waals surface area contributed by atoms with E-state index in [1.54, 1.807) is 0 Å². The number of nitrogens with one attached hydrogen (secondary N) is 1. The summed E-state index contributed by atoms with van der Waals surface area (Å²) in [5.74, 6) is 0. The maximum absolute atomic E-state index is 11.3. The molecular weight excluding hydrogens is 292 g/mol. The Balaban J connectivity index is 2.27. The summed E-state index contributed by atoms with van der Waals surface area (Å²) >= 11 is 2.98. The van der Waals surface area contributed by atoms with E-state index in [1.165, 1.54) is 12.8 Å². The fourth-order valence-corrected chi connectivity index (χ4v) is 3.14. The number of halogens is 1. The second-order valence-corrected chi connectivity index (χ2v) is 7.37. The molecule has 0 aromatic carbocycles. The quantitative estimate of drug-likeness (QED) is 0.757. The normalized spacial score (nSPS) is 20.1. The molecule has 1 heterocycles. The van der Waals surface area contributed by atoms with Gasteiger partial charge in [0.05, 0.1) is 0 Å². The van der Waals surface area contributed by atoms with Gasteiger partial charge in [-0.15, -0.1) is 0 Å². The minimum atomic E-state index is -3.11. The molecule has 1 saturated heterocycles. The Morgan fingerprint density at radius 1 is 1.38 bits per heavy atom. The first kappa shape index (κ1) is 14.4. The van der Waals surface area contributed by atoms with Crippen molar-refractivity contribution in [3.63, 3.8) is 0 Å². The molecule has 0 saturated carbocycles. The molecule has 0 spiro atoms. The van der Waals surface area contributed by atoms with Crippen LogP contribution in [0.3, 0.4) is 0 Å². The second-order valence-electron chi connectivity index (χ2n) is 4.31. The van der Waals surface area contributed by atoms with Crippen molar-refractivity contribution >= 4 is 26.0 Å². The second kappa shape index (κ2) is 6.93. The molecule has 0 unspecified atom stereocenters. The maximum atomic E-state index is 11.3. The van der Waals surface area contributed by atoms with E-state index in [9.17, 15) is 8.42 Å². The van der Waals surface area contributed by atoms with Crippen molar-refractivity contribution in [2.45, 2.75) is 38.6 Å². The largest absolute Gasteiger partial charge is 0.303 e. The molecule has 0 atom stereocenters. The molecule has 1 fully saturated rings. The molecular formula is C10H21BrN2O2S. The van der Waals surface area contributed by atoms with Gasteiger partial charge in [0, 0.05) is 6.04 Å². The Morgan fingerprint density at radius 2 is 2.00 bits per heavy atom. The lowest BCUT2D eigenvalue weighted by Crippen LogP contribution is -2.44. The highest BCUT2D eigenvalue weighted by molar-refractivity contribution is 9.10. The molecule has 0 bridgehead atoms. The molecule has 0 aromatic heterocycles. The predicted octanol–water partition coefficient (Wildman–Crippen LogP) is 1.52. The molecule has 1 N–H and O–H groups in total. The third-order valence-electron chi connectivity index (χ3n) is 2.91. The van der Waals surface area contributed by atoms with E-state index in [0.717, 1.165) is 32.5 Å². The van der Waals surface area contributed by atoms with Crippen molar-refractivity contribution in [1.29, 1.82) is 0 Å². The zero-order valence-electron chi connectivity index (χ0n) is 9.78. The molecule has 1 aliphatic rings. The lowest BCUT2D eigenvalue weighted by molar-refractivity contribution is 0.205. The summed E-state index contributed by atoms with van der Waals surface area (Å²) in [5, 5.41) is 0. The van der Waals surface area contributed by atoms with Crippen LogP contribution in [0.15, 0.2) is 0 Å². The Morgan fingerprint density at radius 3 is 2.50 bits per heavy atom. The lowest BCUT2D eigenvalue weighted by Gasteiger charge is -2.31. The standard InChI is InChI=1S/C10H21BrN2O2S/c1-2-3-6-13-7-4-10(5-8-13)12-16(14,15)9-11/h10,12H,2-9H2,1H3. The zero-order chi connectivity index (χ0) is 12.0. The van der Waals surface area contributed by atoms with Gasteiger partial charge in [-0.2, -0.15) is 0 Å². The molecule has 0 radical (unpaired) electrons. The molecule has 16 heavy (non-hydrogen) atoms. The van der Waals surface area contributed by atoms with E-state index in [4.69, 9.17) is 0 Å². The fraction of sp³-hybridized carbons (Fsp3) is 1.00. The highest BCUT2D eigenvalue weighted by atomic mass is 79.9. The molecule has 1 aliphatic heterocycles. The minimum Gasteiger partial charge on any atom is -0.303 e. The average Bonchev–Trinajstić information content (AvgIpc) is 2.28. The molecule has 0 amide bonds. The molecule has 6 heteroatoms. The van der Waals surface area contributed by atoms with Gasteiger partial charge in [-0.1, -0.05) is 29.3 Å². The van der Waals surface area contributed by atoms with E-state index in [-0.39, 0.29) is 10.7 Å². The van der Waals surface area contributed by atoms with Crippen LogP contribution in [0.25, 0.3) is 0 Å². The number of likely N-dealkylation sites (tertiary alicyclic amines) is 1. The van der Waals surface area contributed by atoms with Crippen LogP contribution in [0.5, 0.6) is 0 Å². The zero-order valence-corrected chi connectivity index (χ0v) is 12.2. The first-order valence-electron chi connectivity index (χ1n) is 5.85. The predicted molar refractivity (Wildman–Crippen MR) is 70.2 cm³/mol. The Bertz CT molecular complexity index is 287. The van der Waals surface area contributed by atoms with Gasteiger partial charge in [0.2, 0.25) is 10.0 Å². The number of hydrogen-bond donors (Lipinski definition) is 1. The number of nitrogens with zero attached hydrogens (tertiary/aromatic N) is 1. The summed E-state index contributed by atoms with van der Waals surface area (Å²) in [6.45, 7) is 5.36. The summed E-state index contributed by atoms with van der Waals surface area (Å²) in [4.78, 5) is 2.42. The number of rotatable bonds is 6. The minimum absolute atomic E-state index is 0.00392. The third-order valence-corrected chi connectivity index (χ3v) is 5.69. The van der Waals surface area contributed by atoms with Crippen LogP contribution in [-0.2, 0) is 10.0 Å². The molecule has 0 aromatic rings. The van der Waals surface area contributed by atoms with E-state index in [2.05, 4.69) is 32.5 Å². The van der Waals surface area contributed by atoms with Gasteiger partial charge in [-0.05, 0) is 38.9 Å². The van der Waals surface area contributed by atoms with Gasteiger partial charge < -0.3 is 4.90 Å². The smallest absolute Gasteiger partial charge is 0.221 e. The van der Waals surface area contributed by atoms with Crippen LogP contribution < -0.4 is 4.72 Å².